The van der Waals surface area contributed by atoms with Crippen LogP contribution in [-0.2, 0) is 60.7 Å². The SMILES string of the molecule is O=S(=O)(O)c1ccc(Nc2nc(Nc3ccc(/C=C/c4ccc(NC5=NC(/C(=C\CCO)CCCO)NC(Nc6ccc(/C=C/c7ccc(Nc8nc(Nc9ccc(S(=O)(=O)O)cc9)nc(N(CCO)CCO)n8)cc7S(=O)(=O)O)c(S(=O)(=O)O)c6)=N5)cc4S(=O)(=O)O)c(S(=O)(=O)O)c3)nc(N(CCO)CCO)n2)cc1. The summed E-state index contributed by atoms with van der Waals surface area (Å²) in [6.07, 6.45) is 5.40. The smallest absolute Gasteiger partial charge is 0.295 e. The molecule has 41 nitrogen and oxygen atoms in total. The lowest BCUT2D eigenvalue weighted by atomic mass is 10.1. The van der Waals surface area contributed by atoms with Crippen molar-refractivity contribution in [3.05, 3.63) is 155 Å². The lowest BCUT2D eigenvalue weighted by Gasteiger charge is -2.26. The molecule has 0 aliphatic carbocycles. The van der Waals surface area contributed by atoms with Crippen LogP contribution in [0.4, 0.5) is 69.8 Å². The number of aliphatic hydroxyl groups excluding tert-OH is 6. The average Bonchev–Trinajstić information content (AvgIpc) is 0.798. The van der Waals surface area contributed by atoms with E-state index in [1.807, 2.05) is 0 Å². The summed E-state index contributed by atoms with van der Waals surface area (Å²) >= 11 is 0. The molecule has 47 heteroatoms. The predicted octanol–water partition coefficient (Wildman–Crippen LogP) is 3.68. The van der Waals surface area contributed by atoms with E-state index in [4.69, 9.17) is 0 Å². The molecule has 0 amide bonds. The second-order valence-electron chi connectivity index (χ2n) is 23.3. The van der Waals surface area contributed by atoms with E-state index in [-0.39, 0.29) is 163 Å². The van der Waals surface area contributed by atoms with Gasteiger partial charge in [-0.3, -0.25) is 27.3 Å². The maximum Gasteiger partial charge on any atom is 0.295 e. The van der Waals surface area contributed by atoms with E-state index in [1.54, 1.807) is 6.08 Å². The number of nitrogens with zero attached hydrogens (tertiary/aromatic N) is 10. The van der Waals surface area contributed by atoms with Crippen LogP contribution in [0.1, 0.15) is 41.5 Å². The first-order chi connectivity index (χ1) is 52.4. The van der Waals surface area contributed by atoms with Crippen LogP contribution in [0.25, 0.3) is 24.3 Å². The van der Waals surface area contributed by atoms with Crippen LogP contribution in [0.2, 0.25) is 0 Å². The number of aliphatic hydroxyl groups is 6. The van der Waals surface area contributed by atoms with Crippen LogP contribution >= 0.6 is 0 Å². The number of aromatic nitrogens is 6. The van der Waals surface area contributed by atoms with Gasteiger partial charge in [0.2, 0.25) is 47.6 Å². The third-order valence-corrected chi connectivity index (χ3v) is 20.8. The molecule has 0 bridgehead atoms. The fourth-order valence-corrected chi connectivity index (χ4v) is 14.2. The summed E-state index contributed by atoms with van der Waals surface area (Å²) in [6, 6.07) is 23.4. The number of nitrogens with one attached hydrogen (secondary N) is 7. The third kappa shape index (κ3) is 23.7. The molecule has 1 unspecified atom stereocenters. The Hall–Kier alpha value is -10.7. The van der Waals surface area contributed by atoms with Gasteiger partial charge in [0.05, 0.1) is 36.2 Å². The Morgan fingerprint density at radius 1 is 0.378 bits per heavy atom. The average molecular weight is 1650 g/mol. The van der Waals surface area contributed by atoms with Gasteiger partial charge in [-0.2, -0.15) is 85.4 Å². The van der Waals surface area contributed by atoms with Crippen molar-refractivity contribution >= 4 is 167 Å². The third-order valence-electron chi connectivity index (χ3n) is 15.4. The summed E-state index contributed by atoms with van der Waals surface area (Å²) in [5, 5.41) is 78.7. The van der Waals surface area contributed by atoms with Crippen molar-refractivity contribution in [1.82, 2.24) is 35.2 Å². The Balaban J connectivity index is 0.986. The lowest BCUT2D eigenvalue weighted by Crippen LogP contribution is -2.44. The van der Waals surface area contributed by atoms with Gasteiger partial charge in [-0.25, -0.2) is 4.99 Å². The van der Waals surface area contributed by atoms with Gasteiger partial charge in [0.1, 0.15) is 25.7 Å². The number of rotatable bonds is 36. The fourth-order valence-electron chi connectivity index (χ4n) is 10.4. The van der Waals surface area contributed by atoms with Gasteiger partial charge in [0.15, 0.2) is 0 Å². The largest absolute Gasteiger partial charge is 0.396 e. The van der Waals surface area contributed by atoms with Crippen LogP contribution in [0.15, 0.2) is 172 Å². The molecule has 0 radical (unpaired) electrons. The van der Waals surface area contributed by atoms with Crippen LogP contribution in [0.5, 0.6) is 0 Å². The number of hydrogen-bond acceptors (Lipinski definition) is 35. The zero-order valence-electron chi connectivity index (χ0n) is 57.4. The topological polar surface area (TPSA) is 640 Å². The molecule has 19 N–H and O–H groups in total. The van der Waals surface area contributed by atoms with Gasteiger partial charge >= 0.3 is 0 Å². The maximum atomic E-state index is 13.2. The highest BCUT2D eigenvalue weighted by Crippen LogP contribution is 2.33. The lowest BCUT2D eigenvalue weighted by molar-refractivity contribution is 0.279. The summed E-state index contributed by atoms with van der Waals surface area (Å²) in [5.41, 5.74) is -0.327. The van der Waals surface area contributed by atoms with Gasteiger partial charge < -0.3 is 77.7 Å². The molecule has 0 fully saturated rings. The number of aliphatic imine (C=N–C) groups is 2. The molecule has 111 heavy (non-hydrogen) atoms. The minimum Gasteiger partial charge on any atom is -0.396 e. The van der Waals surface area contributed by atoms with E-state index in [0.717, 1.165) is 72.8 Å². The molecule has 1 aliphatic heterocycles. The summed E-state index contributed by atoms with van der Waals surface area (Å²) in [6.45, 7) is -2.59. The number of anilines is 12. The number of guanidine groups is 2. The van der Waals surface area contributed by atoms with Crippen molar-refractivity contribution in [2.45, 2.75) is 54.8 Å². The predicted molar refractivity (Wildman–Crippen MR) is 406 cm³/mol. The van der Waals surface area contributed by atoms with E-state index in [1.165, 1.54) is 82.6 Å². The first-order valence-electron chi connectivity index (χ1n) is 32.3. The molecular formula is C64H71N17O24S6. The zero-order valence-corrected chi connectivity index (χ0v) is 62.3. The molecular weight excluding hydrogens is 1580 g/mol. The van der Waals surface area contributed by atoms with Crippen molar-refractivity contribution in [2.75, 3.05) is 108 Å². The highest BCUT2D eigenvalue weighted by atomic mass is 32.2. The zero-order chi connectivity index (χ0) is 80.6. The van der Waals surface area contributed by atoms with E-state index in [0.29, 0.717) is 5.57 Å². The highest BCUT2D eigenvalue weighted by molar-refractivity contribution is 7.87. The van der Waals surface area contributed by atoms with Crippen molar-refractivity contribution in [2.24, 2.45) is 9.98 Å². The van der Waals surface area contributed by atoms with E-state index < -0.39 is 123 Å². The van der Waals surface area contributed by atoms with Gasteiger partial charge in [-0.1, -0.05) is 54.6 Å². The molecule has 0 spiro atoms. The maximum absolute atomic E-state index is 13.2. The molecule has 0 saturated carbocycles. The van der Waals surface area contributed by atoms with Gasteiger partial charge in [-0.15, -0.1) is 0 Å². The van der Waals surface area contributed by atoms with E-state index in [9.17, 15) is 108 Å². The Bertz CT molecular complexity index is 5620. The van der Waals surface area contributed by atoms with Gasteiger partial charge in [-0.05, 0) is 144 Å². The summed E-state index contributed by atoms with van der Waals surface area (Å²) < 4.78 is 212. The molecule has 9 rings (SSSR count). The second-order valence-corrected chi connectivity index (χ2v) is 31.7. The van der Waals surface area contributed by atoms with Crippen LogP contribution < -0.4 is 47.0 Å². The molecule has 592 valence electrons. The summed E-state index contributed by atoms with van der Waals surface area (Å²) in [7, 11) is -29.7. The van der Waals surface area contributed by atoms with Crippen molar-refractivity contribution < 1.29 is 108 Å². The first-order valence-corrected chi connectivity index (χ1v) is 41.0. The molecule has 6 aromatic carbocycles. The normalized spacial score (nSPS) is 13.8. The van der Waals surface area contributed by atoms with Gasteiger partial charge in [0, 0.05) is 73.5 Å². The first kappa shape index (κ1) is 84.3. The highest BCUT2D eigenvalue weighted by Gasteiger charge is 2.27. The van der Waals surface area contributed by atoms with Crippen LogP contribution in [0, 0.1) is 0 Å². The Labute approximate surface area is 634 Å². The number of hydrogen-bond donors (Lipinski definition) is 19. The quantitative estimate of drug-likeness (QED) is 0.0151. The standard InChI is InChI=1S/C64H71N17O24S6/c82-29-1-3-43(4-2-30-83)56-71-57(67-46-13-9-39(52(35-46)108(94,95)96)5-7-41-11-15-48(37-54(41)110(100,101)102)69-61-74-59(76-63(78-61)80(25-31-84)26-32-85)65-44-17-21-50(22-18-44)106(88,89)90)73-58(72-56)68-47-14-10-40(53(36-47)109(97,98)99)6-8-42-12-16-49(38-55(42)111(103,104)105)70-62-75-60(77-64(79-62)81(27-33-86)28-34-87)66-45-19-23-51(24-20-45)107(91,92)93/h3,5-24,35-38,56,82-87H,1-2,4,25-34H2,(H,88,89,90)(H,91,92,93)(H,94,95,96)(H,97,98,99)(H,100,101,102)(H,103,104,105)(H2,65,69,74,76,78)(H2,66,70,75,77,79)(H3,67,68,71,72,73)/b7-5+,8-6+,43-3-. The number of benzene rings is 6. The summed E-state index contributed by atoms with van der Waals surface area (Å²) in [5.74, 6) is -1.62. The fraction of sp³-hybridized carbons (Fsp3) is 0.219. The second kappa shape index (κ2) is 36.4. The van der Waals surface area contributed by atoms with Crippen molar-refractivity contribution in [3.8, 4) is 0 Å². The summed E-state index contributed by atoms with van der Waals surface area (Å²) in [4.78, 5) is 33.9. The van der Waals surface area contributed by atoms with E-state index >= 15 is 0 Å². The monoisotopic (exact) mass is 1650 g/mol. The Kier molecular flexibility index (Phi) is 27.7. The van der Waals surface area contributed by atoms with Crippen molar-refractivity contribution in [1.29, 1.82) is 0 Å². The minimum atomic E-state index is -5.17. The molecule has 1 aliphatic rings. The molecule has 1 atom stereocenters. The minimum absolute atomic E-state index is 0.0648. The van der Waals surface area contributed by atoms with Gasteiger partial charge in [0.25, 0.3) is 60.7 Å². The Morgan fingerprint density at radius 3 is 1.00 bits per heavy atom. The molecule has 0 saturated heterocycles. The van der Waals surface area contributed by atoms with Crippen LogP contribution in [0.3, 0.4) is 0 Å². The van der Waals surface area contributed by atoms with E-state index in [2.05, 4.69) is 77.1 Å². The van der Waals surface area contributed by atoms with Crippen LogP contribution in [-0.4, -0.2) is 222 Å². The van der Waals surface area contributed by atoms with Crippen molar-refractivity contribution in [3.63, 3.8) is 0 Å². The Morgan fingerprint density at radius 2 is 0.694 bits per heavy atom. The molecule has 3 heterocycles. The molecule has 8 aromatic rings. The molecule has 2 aromatic heterocycles.